The molecule has 6 nitrogen and oxygen atoms in total. The number of piperidine rings is 1. The zero-order chi connectivity index (χ0) is 16.4. The van der Waals surface area contributed by atoms with Crippen LogP contribution in [-0.4, -0.2) is 35.0 Å². The molecule has 2 amide bonds. The van der Waals surface area contributed by atoms with E-state index in [4.69, 9.17) is 17.3 Å². The maximum atomic E-state index is 11.3. The highest BCUT2D eigenvalue weighted by Crippen LogP contribution is 2.25. The Morgan fingerprint density at radius 3 is 3.04 bits per heavy atom. The summed E-state index contributed by atoms with van der Waals surface area (Å²) in [4.78, 5) is 17.5. The molecule has 0 saturated carbocycles. The Morgan fingerprint density at radius 1 is 1.48 bits per heavy atom. The Labute approximate surface area is 138 Å². The van der Waals surface area contributed by atoms with Gasteiger partial charge in [0.05, 0.1) is 17.1 Å². The van der Waals surface area contributed by atoms with Gasteiger partial charge in [-0.25, -0.2) is 9.78 Å². The van der Waals surface area contributed by atoms with Crippen LogP contribution in [0.5, 0.6) is 0 Å². The fourth-order valence-electron chi connectivity index (χ4n) is 2.87. The molecule has 0 bridgehead atoms. The molecule has 1 aromatic heterocycles. The molecule has 0 radical (unpaired) electrons. The standard InChI is InChI=1S/C16H16ClN5O/c17-11-3-4-14-13(7-11)10(8-18)6-15(21-14)20-12-2-1-5-22(9-12)16(19)23/h3-4,6-7,12H,1-2,5,9H2,(H2,19,23)(H,20,21)/t12-/m0/s1. The predicted molar refractivity (Wildman–Crippen MR) is 89.3 cm³/mol. The van der Waals surface area contributed by atoms with E-state index in [2.05, 4.69) is 16.4 Å². The van der Waals surface area contributed by atoms with Gasteiger partial charge >= 0.3 is 6.03 Å². The molecule has 118 valence electrons. The van der Waals surface area contributed by atoms with E-state index in [0.717, 1.165) is 18.2 Å². The zero-order valence-corrected chi connectivity index (χ0v) is 13.2. The smallest absolute Gasteiger partial charge is 0.314 e. The SMILES string of the molecule is N#Cc1cc(N[C@H]2CCCN(C(N)=O)C2)nc2ccc(Cl)cc12. The number of rotatable bonds is 2. The van der Waals surface area contributed by atoms with Crippen LogP contribution in [0.3, 0.4) is 0 Å². The number of benzene rings is 1. The minimum atomic E-state index is -0.407. The highest BCUT2D eigenvalue weighted by Gasteiger charge is 2.22. The number of amides is 2. The molecule has 0 spiro atoms. The molecule has 1 aromatic carbocycles. The number of nitriles is 1. The van der Waals surface area contributed by atoms with Gasteiger partial charge in [0.25, 0.3) is 0 Å². The third-order valence-electron chi connectivity index (χ3n) is 3.98. The van der Waals surface area contributed by atoms with E-state index in [1.54, 1.807) is 29.2 Å². The second kappa shape index (κ2) is 6.31. The zero-order valence-electron chi connectivity index (χ0n) is 12.4. The van der Waals surface area contributed by atoms with Crippen molar-refractivity contribution in [1.29, 1.82) is 5.26 Å². The number of pyridine rings is 1. The van der Waals surface area contributed by atoms with Gasteiger partial charge < -0.3 is 16.0 Å². The molecule has 1 atom stereocenters. The van der Waals surface area contributed by atoms with Crippen molar-refractivity contribution < 1.29 is 4.79 Å². The second-order valence-electron chi connectivity index (χ2n) is 5.60. The molecular formula is C16H16ClN5O. The lowest BCUT2D eigenvalue weighted by molar-refractivity contribution is 0.192. The molecular weight excluding hydrogens is 314 g/mol. The van der Waals surface area contributed by atoms with Crippen molar-refractivity contribution in [2.24, 2.45) is 5.73 Å². The quantitative estimate of drug-likeness (QED) is 0.885. The average molecular weight is 330 g/mol. The number of primary amides is 1. The minimum absolute atomic E-state index is 0.0695. The molecule has 3 rings (SSSR count). The largest absolute Gasteiger partial charge is 0.365 e. The Balaban J connectivity index is 1.87. The monoisotopic (exact) mass is 329 g/mol. The molecule has 0 unspecified atom stereocenters. The summed E-state index contributed by atoms with van der Waals surface area (Å²) in [6.45, 7) is 1.22. The van der Waals surface area contributed by atoms with Gasteiger partial charge in [-0.2, -0.15) is 5.26 Å². The second-order valence-corrected chi connectivity index (χ2v) is 6.03. The number of fused-ring (bicyclic) bond motifs is 1. The van der Waals surface area contributed by atoms with Crippen molar-refractivity contribution in [2.75, 3.05) is 18.4 Å². The van der Waals surface area contributed by atoms with E-state index < -0.39 is 6.03 Å². The Hall–Kier alpha value is -2.52. The molecule has 23 heavy (non-hydrogen) atoms. The van der Waals surface area contributed by atoms with Gasteiger partial charge in [0, 0.05) is 29.5 Å². The maximum absolute atomic E-state index is 11.3. The van der Waals surface area contributed by atoms with Crippen LogP contribution in [0.25, 0.3) is 10.9 Å². The summed E-state index contributed by atoms with van der Waals surface area (Å²) in [6, 6.07) is 8.83. The van der Waals surface area contributed by atoms with Gasteiger partial charge in [-0.05, 0) is 37.1 Å². The number of halogens is 1. The fraction of sp³-hybridized carbons (Fsp3) is 0.312. The highest BCUT2D eigenvalue weighted by atomic mass is 35.5. The Morgan fingerprint density at radius 2 is 2.30 bits per heavy atom. The van der Waals surface area contributed by atoms with Crippen molar-refractivity contribution in [3.05, 3.63) is 34.9 Å². The summed E-state index contributed by atoms with van der Waals surface area (Å²) >= 11 is 5.99. The lowest BCUT2D eigenvalue weighted by Gasteiger charge is -2.32. The van der Waals surface area contributed by atoms with Gasteiger partial charge in [-0.15, -0.1) is 0 Å². The number of likely N-dealkylation sites (tertiary alicyclic amines) is 1. The van der Waals surface area contributed by atoms with Crippen LogP contribution in [0.2, 0.25) is 5.02 Å². The molecule has 1 saturated heterocycles. The van der Waals surface area contributed by atoms with Crippen LogP contribution in [-0.2, 0) is 0 Å². The maximum Gasteiger partial charge on any atom is 0.314 e. The van der Waals surface area contributed by atoms with Crippen molar-refractivity contribution in [3.63, 3.8) is 0 Å². The predicted octanol–water partition coefficient (Wildman–Crippen LogP) is 2.71. The van der Waals surface area contributed by atoms with Crippen LogP contribution in [0.15, 0.2) is 24.3 Å². The van der Waals surface area contributed by atoms with Crippen molar-refractivity contribution in [2.45, 2.75) is 18.9 Å². The first-order chi connectivity index (χ1) is 11.1. The lowest BCUT2D eigenvalue weighted by atomic mass is 10.1. The third-order valence-corrected chi connectivity index (χ3v) is 4.21. The number of hydrogen-bond donors (Lipinski definition) is 2. The molecule has 2 aromatic rings. The van der Waals surface area contributed by atoms with E-state index >= 15 is 0 Å². The summed E-state index contributed by atoms with van der Waals surface area (Å²) in [5.41, 5.74) is 6.57. The number of hydrogen-bond acceptors (Lipinski definition) is 4. The first-order valence-electron chi connectivity index (χ1n) is 7.38. The number of carbonyl (C=O) groups excluding carboxylic acids is 1. The molecule has 0 aliphatic carbocycles. The lowest BCUT2D eigenvalue weighted by Crippen LogP contribution is -2.47. The first-order valence-corrected chi connectivity index (χ1v) is 7.76. The number of aromatic nitrogens is 1. The number of nitrogens with one attached hydrogen (secondary N) is 1. The molecule has 1 aliphatic rings. The number of anilines is 1. The minimum Gasteiger partial charge on any atom is -0.365 e. The van der Waals surface area contributed by atoms with E-state index in [9.17, 15) is 10.1 Å². The third kappa shape index (κ3) is 3.30. The molecule has 2 heterocycles. The average Bonchev–Trinajstić information content (AvgIpc) is 2.54. The Kier molecular flexibility index (Phi) is 4.22. The first kappa shape index (κ1) is 15.4. The number of nitrogens with zero attached hydrogens (tertiary/aromatic N) is 3. The van der Waals surface area contributed by atoms with Gasteiger partial charge in [0.15, 0.2) is 0 Å². The van der Waals surface area contributed by atoms with Gasteiger partial charge in [-0.3, -0.25) is 0 Å². The Bertz CT molecular complexity index is 801. The normalized spacial score (nSPS) is 17.7. The molecule has 1 fully saturated rings. The number of urea groups is 1. The van der Waals surface area contributed by atoms with Crippen LogP contribution >= 0.6 is 11.6 Å². The molecule has 1 aliphatic heterocycles. The summed E-state index contributed by atoms with van der Waals surface area (Å²) in [5.74, 6) is 0.618. The van der Waals surface area contributed by atoms with Crippen molar-refractivity contribution in [1.82, 2.24) is 9.88 Å². The van der Waals surface area contributed by atoms with E-state index in [1.165, 1.54) is 0 Å². The van der Waals surface area contributed by atoms with E-state index in [0.29, 0.717) is 35.0 Å². The van der Waals surface area contributed by atoms with Crippen LogP contribution in [0, 0.1) is 11.3 Å². The van der Waals surface area contributed by atoms with Gasteiger partial charge in [0.1, 0.15) is 5.82 Å². The van der Waals surface area contributed by atoms with Crippen molar-refractivity contribution >= 4 is 34.4 Å². The summed E-state index contributed by atoms with van der Waals surface area (Å²) in [5, 5.41) is 14.0. The van der Waals surface area contributed by atoms with Gasteiger partial charge in [-0.1, -0.05) is 11.6 Å². The van der Waals surface area contributed by atoms with E-state index in [-0.39, 0.29) is 6.04 Å². The van der Waals surface area contributed by atoms with E-state index in [1.807, 2.05) is 0 Å². The topological polar surface area (TPSA) is 95.0 Å². The number of carbonyl (C=O) groups is 1. The van der Waals surface area contributed by atoms with Crippen molar-refractivity contribution in [3.8, 4) is 6.07 Å². The highest BCUT2D eigenvalue weighted by molar-refractivity contribution is 6.31. The van der Waals surface area contributed by atoms with Crippen LogP contribution < -0.4 is 11.1 Å². The molecule has 7 heteroatoms. The van der Waals surface area contributed by atoms with Crippen LogP contribution in [0.4, 0.5) is 10.6 Å². The number of nitrogens with two attached hydrogens (primary N) is 1. The van der Waals surface area contributed by atoms with Crippen LogP contribution in [0.1, 0.15) is 18.4 Å². The molecule has 3 N–H and O–H groups in total. The van der Waals surface area contributed by atoms with Gasteiger partial charge in [0.2, 0.25) is 0 Å². The fourth-order valence-corrected chi connectivity index (χ4v) is 3.04. The summed E-state index contributed by atoms with van der Waals surface area (Å²) in [6.07, 6.45) is 1.81. The summed E-state index contributed by atoms with van der Waals surface area (Å²) in [7, 11) is 0. The summed E-state index contributed by atoms with van der Waals surface area (Å²) < 4.78 is 0.